The van der Waals surface area contributed by atoms with Crippen LogP contribution in [-0.2, 0) is 6.42 Å². The Hall–Kier alpha value is -3.48. The average molecular weight is 462 g/mol. The van der Waals surface area contributed by atoms with Gasteiger partial charge in [-0.25, -0.2) is 0 Å². The van der Waals surface area contributed by atoms with Crippen molar-refractivity contribution in [1.82, 2.24) is 15.5 Å². The van der Waals surface area contributed by atoms with E-state index in [1.807, 2.05) is 30.3 Å². The third-order valence-corrected chi connectivity index (χ3v) is 5.57. The first-order valence-corrected chi connectivity index (χ1v) is 11.1. The lowest BCUT2D eigenvalue weighted by Crippen LogP contribution is -2.38. The predicted octanol–water partition coefficient (Wildman–Crippen LogP) is 5.17. The van der Waals surface area contributed by atoms with Crippen LogP contribution in [0.5, 0.6) is 0 Å². The number of hydrogen-bond acceptors (Lipinski definition) is 5. The summed E-state index contributed by atoms with van der Waals surface area (Å²) >= 11 is 6.18. The maximum absolute atomic E-state index is 12.8. The normalized spacial score (nSPS) is 12.8. The molecule has 0 aliphatic heterocycles. The highest BCUT2D eigenvalue weighted by atomic mass is 35.5. The lowest BCUT2D eigenvalue weighted by molar-refractivity contribution is 0.0873. The van der Waals surface area contributed by atoms with Gasteiger partial charge in [0.1, 0.15) is 0 Å². The number of carbonyl (C=O) groups is 1. The Morgan fingerprint density at radius 1 is 1.00 bits per heavy atom. The average Bonchev–Trinajstić information content (AvgIpc) is 3.30. The van der Waals surface area contributed by atoms with Crippen molar-refractivity contribution in [3.8, 4) is 22.5 Å². The van der Waals surface area contributed by atoms with E-state index >= 15 is 0 Å². The Kier molecular flexibility index (Phi) is 7.17. The molecule has 4 rings (SSSR count). The van der Waals surface area contributed by atoms with Crippen molar-refractivity contribution in [3.05, 3.63) is 95.3 Å². The molecule has 7 heteroatoms. The molecule has 0 saturated heterocycles. The third-order valence-electron chi connectivity index (χ3n) is 5.24. The van der Waals surface area contributed by atoms with Crippen molar-refractivity contribution in [2.45, 2.75) is 31.9 Å². The number of aliphatic hydroxyl groups is 1. The minimum Gasteiger partial charge on any atom is -0.393 e. The van der Waals surface area contributed by atoms with Crippen LogP contribution in [-0.4, -0.2) is 33.3 Å². The summed E-state index contributed by atoms with van der Waals surface area (Å²) in [5.41, 5.74) is 3.89. The zero-order valence-corrected chi connectivity index (χ0v) is 18.9. The molecule has 2 atom stereocenters. The Labute approximate surface area is 197 Å². The van der Waals surface area contributed by atoms with E-state index < -0.39 is 12.0 Å². The Morgan fingerprint density at radius 2 is 1.67 bits per heavy atom. The second kappa shape index (κ2) is 10.4. The first kappa shape index (κ1) is 22.7. The summed E-state index contributed by atoms with van der Waals surface area (Å²) in [4.78, 5) is 17.0. The maximum Gasteiger partial charge on any atom is 0.316 e. The van der Waals surface area contributed by atoms with Crippen molar-refractivity contribution >= 4 is 17.5 Å². The van der Waals surface area contributed by atoms with Gasteiger partial charge in [0, 0.05) is 11.6 Å². The van der Waals surface area contributed by atoms with Crippen molar-refractivity contribution in [1.29, 1.82) is 0 Å². The van der Waals surface area contributed by atoms with Crippen LogP contribution in [0.2, 0.25) is 5.02 Å². The van der Waals surface area contributed by atoms with Crippen LogP contribution in [0.15, 0.2) is 83.4 Å². The fraction of sp³-hybridized carbons (Fsp3) is 0.192. The minimum atomic E-state index is -0.583. The smallest absolute Gasteiger partial charge is 0.316 e. The molecule has 0 aliphatic carbocycles. The predicted molar refractivity (Wildman–Crippen MR) is 128 cm³/mol. The van der Waals surface area contributed by atoms with E-state index in [-0.39, 0.29) is 17.8 Å². The molecule has 0 aliphatic rings. The van der Waals surface area contributed by atoms with E-state index in [1.165, 1.54) is 0 Å². The van der Waals surface area contributed by atoms with E-state index in [2.05, 4.69) is 39.7 Å². The molecule has 6 nitrogen and oxygen atoms in total. The molecule has 2 N–H and O–H groups in total. The van der Waals surface area contributed by atoms with Gasteiger partial charge in [-0.3, -0.25) is 4.79 Å². The monoisotopic (exact) mass is 461 g/mol. The summed E-state index contributed by atoms with van der Waals surface area (Å²) in [5.74, 6) is -0.401. The molecule has 33 heavy (non-hydrogen) atoms. The maximum atomic E-state index is 12.8. The van der Waals surface area contributed by atoms with Crippen molar-refractivity contribution < 1.29 is 14.4 Å². The first-order valence-electron chi connectivity index (χ1n) is 10.7. The molecule has 0 fully saturated rings. The molecule has 0 unspecified atom stereocenters. The Balaban J connectivity index is 1.46. The largest absolute Gasteiger partial charge is 0.393 e. The number of halogens is 1. The van der Waals surface area contributed by atoms with E-state index in [0.29, 0.717) is 23.4 Å². The van der Waals surface area contributed by atoms with Gasteiger partial charge >= 0.3 is 11.8 Å². The van der Waals surface area contributed by atoms with Crippen LogP contribution in [0.4, 0.5) is 0 Å². The molecule has 1 heterocycles. The molecule has 3 aromatic carbocycles. The second-order valence-corrected chi connectivity index (χ2v) is 8.33. The van der Waals surface area contributed by atoms with Crippen LogP contribution in [0.1, 0.15) is 29.6 Å². The molecule has 1 aromatic heterocycles. The topological polar surface area (TPSA) is 88.2 Å². The number of nitrogens with one attached hydrogen (secondary N) is 1. The van der Waals surface area contributed by atoms with Gasteiger partial charge in [-0.1, -0.05) is 83.5 Å². The molecule has 1 amide bonds. The highest BCUT2D eigenvalue weighted by molar-refractivity contribution is 6.33. The van der Waals surface area contributed by atoms with Gasteiger partial charge in [-0.05, 0) is 48.6 Å². The Bertz CT molecular complexity index is 1210. The lowest BCUT2D eigenvalue weighted by atomic mass is 9.98. The van der Waals surface area contributed by atoms with E-state index in [9.17, 15) is 9.90 Å². The van der Waals surface area contributed by atoms with Crippen LogP contribution < -0.4 is 5.32 Å². The molecule has 0 spiro atoms. The summed E-state index contributed by atoms with van der Waals surface area (Å²) in [6.45, 7) is 1.69. The SMILES string of the molecule is C[C@@H](O)C[C@@H](Cc1ccc(-c2ccccc2)cc1)NC(=O)c1nc(-c2ccccc2Cl)no1. The fourth-order valence-electron chi connectivity index (χ4n) is 3.67. The zero-order valence-electron chi connectivity index (χ0n) is 18.1. The quantitative estimate of drug-likeness (QED) is 0.378. The van der Waals surface area contributed by atoms with Gasteiger partial charge in [-0.15, -0.1) is 0 Å². The van der Waals surface area contributed by atoms with Crippen LogP contribution >= 0.6 is 11.6 Å². The fourth-order valence-corrected chi connectivity index (χ4v) is 3.89. The molecular formula is C26H24ClN3O3. The number of rotatable bonds is 8. The number of hydrogen-bond donors (Lipinski definition) is 2. The summed E-state index contributed by atoms with van der Waals surface area (Å²) in [7, 11) is 0. The summed E-state index contributed by atoms with van der Waals surface area (Å²) in [5, 5.41) is 17.2. The van der Waals surface area contributed by atoms with Crippen molar-refractivity contribution in [2.24, 2.45) is 0 Å². The van der Waals surface area contributed by atoms with Gasteiger partial charge in [0.25, 0.3) is 0 Å². The Morgan fingerprint density at radius 3 is 2.36 bits per heavy atom. The van der Waals surface area contributed by atoms with Gasteiger partial charge in [0.15, 0.2) is 0 Å². The van der Waals surface area contributed by atoms with E-state index in [1.54, 1.807) is 31.2 Å². The zero-order chi connectivity index (χ0) is 23.2. The van der Waals surface area contributed by atoms with Crippen LogP contribution in [0.3, 0.4) is 0 Å². The molecule has 4 aromatic rings. The van der Waals surface area contributed by atoms with E-state index in [4.69, 9.17) is 16.1 Å². The van der Waals surface area contributed by atoms with Gasteiger partial charge in [-0.2, -0.15) is 4.98 Å². The number of amides is 1. The molecule has 0 bridgehead atoms. The number of aliphatic hydroxyl groups excluding tert-OH is 1. The third kappa shape index (κ3) is 5.86. The number of aromatic nitrogens is 2. The van der Waals surface area contributed by atoms with Crippen molar-refractivity contribution in [2.75, 3.05) is 0 Å². The van der Waals surface area contributed by atoms with Crippen molar-refractivity contribution in [3.63, 3.8) is 0 Å². The summed E-state index contributed by atoms with van der Waals surface area (Å²) in [6, 6.07) is 25.1. The van der Waals surface area contributed by atoms with Gasteiger partial charge in [0.05, 0.1) is 11.1 Å². The number of benzene rings is 3. The van der Waals surface area contributed by atoms with Crippen LogP contribution in [0.25, 0.3) is 22.5 Å². The molecule has 168 valence electrons. The lowest BCUT2D eigenvalue weighted by Gasteiger charge is -2.19. The standard InChI is InChI=1S/C26H24ClN3O3/c1-17(31)15-21(16-18-11-13-20(14-12-18)19-7-3-2-4-8-19)28-25(32)26-29-24(30-33-26)22-9-5-6-10-23(22)27/h2-14,17,21,31H,15-16H2,1H3,(H,28,32)/t17-,21+/m1/s1. The number of nitrogens with zero attached hydrogens (tertiary/aromatic N) is 2. The van der Waals surface area contributed by atoms with Gasteiger partial charge < -0.3 is 14.9 Å². The molecular weight excluding hydrogens is 438 g/mol. The highest BCUT2D eigenvalue weighted by Crippen LogP contribution is 2.25. The minimum absolute atomic E-state index is 0.153. The number of carbonyl (C=O) groups excluding carboxylic acids is 1. The van der Waals surface area contributed by atoms with Crippen LogP contribution in [0, 0.1) is 0 Å². The molecule has 0 radical (unpaired) electrons. The van der Waals surface area contributed by atoms with E-state index in [0.717, 1.165) is 16.7 Å². The molecule has 0 saturated carbocycles. The summed E-state index contributed by atoms with van der Waals surface area (Å²) in [6.07, 6.45) is 0.356. The summed E-state index contributed by atoms with van der Waals surface area (Å²) < 4.78 is 5.16. The first-order chi connectivity index (χ1) is 16.0. The van der Waals surface area contributed by atoms with Gasteiger partial charge in [0.2, 0.25) is 5.82 Å². The second-order valence-electron chi connectivity index (χ2n) is 7.93. The highest BCUT2D eigenvalue weighted by Gasteiger charge is 2.22.